The third kappa shape index (κ3) is 3.54. The van der Waals surface area contributed by atoms with Crippen molar-refractivity contribution in [3.8, 4) is 5.69 Å². The summed E-state index contributed by atoms with van der Waals surface area (Å²) >= 11 is 0. The van der Waals surface area contributed by atoms with Gasteiger partial charge in [0.15, 0.2) is 0 Å². The Hall–Kier alpha value is -2.84. The fourth-order valence-corrected chi connectivity index (χ4v) is 3.01. The lowest BCUT2D eigenvalue weighted by atomic mass is 10.0. The topological polar surface area (TPSA) is 84.2 Å². The lowest BCUT2D eigenvalue weighted by molar-refractivity contribution is -0.149. The van der Waals surface area contributed by atoms with Crippen LogP contribution in [0.5, 0.6) is 0 Å². The summed E-state index contributed by atoms with van der Waals surface area (Å²) in [6, 6.07) is 5.49. The second-order valence-electron chi connectivity index (χ2n) is 6.75. The molecule has 3 rings (SSSR count). The van der Waals surface area contributed by atoms with Crippen molar-refractivity contribution in [3.05, 3.63) is 46.8 Å². The first-order chi connectivity index (χ1) is 12.5. The van der Waals surface area contributed by atoms with Gasteiger partial charge in [0, 0.05) is 12.2 Å². The summed E-state index contributed by atoms with van der Waals surface area (Å²) in [7, 11) is 0. The molecule has 0 atom stereocenters. The van der Waals surface area contributed by atoms with Gasteiger partial charge in [-0.25, -0.2) is 4.68 Å². The zero-order valence-corrected chi connectivity index (χ0v) is 14.7. The monoisotopic (exact) mass is 381 g/mol. The first-order valence-corrected chi connectivity index (χ1v) is 8.30. The lowest BCUT2D eigenvalue weighted by Crippen LogP contribution is -2.37. The fraction of sp³-hybridized carbons (Fsp3) is 0.389. The van der Waals surface area contributed by atoms with Crippen molar-refractivity contribution < 1.29 is 27.9 Å². The van der Waals surface area contributed by atoms with Gasteiger partial charge in [0.05, 0.1) is 16.9 Å². The molecule has 0 saturated heterocycles. The molecule has 1 aliphatic rings. The highest BCUT2D eigenvalue weighted by molar-refractivity contribution is 6.04. The second kappa shape index (κ2) is 6.40. The van der Waals surface area contributed by atoms with Crippen LogP contribution in [-0.2, 0) is 22.3 Å². The average Bonchev–Trinajstić information content (AvgIpc) is 3.32. The van der Waals surface area contributed by atoms with Gasteiger partial charge in [0.2, 0.25) is 5.91 Å². The Morgan fingerprint density at radius 1 is 1.26 bits per heavy atom. The molecule has 0 bridgehead atoms. The highest BCUT2D eigenvalue weighted by Gasteiger charge is 2.57. The summed E-state index contributed by atoms with van der Waals surface area (Å²) in [5.41, 5.74) is -0.899. The number of aliphatic carboxylic acids is 1. The van der Waals surface area contributed by atoms with E-state index in [1.807, 2.05) is 0 Å². The summed E-state index contributed by atoms with van der Waals surface area (Å²) in [4.78, 5) is 23.2. The van der Waals surface area contributed by atoms with Crippen LogP contribution >= 0.6 is 0 Å². The molecule has 1 amide bonds. The molecule has 27 heavy (non-hydrogen) atoms. The predicted octanol–water partition coefficient (Wildman–Crippen LogP) is 2.99. The highest BCUT2D eigenvalue weighted by atomic mass is 19.4. The van der Waals surface area contributed by atoms with Crippen molar-refractivity contribution in [2.45, 2.75) is 39.4 Å². The Bertz CT molecular complexity index is 914. The van der Waals surface area contributed by atoms with Crippen LogP contribution in [-0.4, -0.2) is 26.8 Å². The molecule has 0 aliphatic heterocycles. The maximum absolute atomic E-state index is 13.5. The van der Waals surface area contributed by atoms with E-state index in [-0.39, 0.29) is 24.1 Å². The van der Waals surface area contributed by atoms with Gasteiger partial charge in [-0.2, -0.15) is 18.3 Å². The van der Waals surface area contributed by atoms with Crippen LogP contribution in [0.3, 0.4) is 0 Å². The maximum Gasteiger partial charge on any atom is 0.416 e. The maximum atomic E-state index is 13.5. The summed E-state index contributed by atoms with van der Waals surface area (Å²) in [6.07, 6.45) is -4.25. The van der Waals surface area contributed by atoms with Crippen molar-refractivity contribution in [1.29, 1.82) is 0 Å². The molecule has 0 unspecified atom stereocenters. The number of nitrogens with zero attached hydrogens (tertiary/aromatic N) is 2. The Morgan fingerprint density at radius 2 is 1.93 bits per heavy atom. The van der Waals surface area contributed by atoms with Crippen LogP contribution in [0.2, 0.25) is 0 Å². The van der Waals surface area contributed by atoms with E-state index in [4.69, 9.17) is 5.11 Å². The van der Waals surface area contributed by atoms with E-state index in [0.717, 1.165) is 6.07 Å². The summed E-state index contributed by atoms with van der Waals surface area (Å²) in [5.74, 6) is -2.01. The third-order valence-electron chi connectivity index (χ3n) is 4.69. The van der Waals surface area contributed by atoms with Gasteiger partial charge >= 0.3 is 12.1 Å². The van der Waals surface area contributed by atoms with E-state index < -0.39 is 35.6 Å². The number of carbonyl (C=O) groups is 2. The lowest BCUT2D eigenvalue weighted by Gasteiger charge is -2.17. The number of halogens is 3. The number of hydrogen-bond acceptors (Lipinski definition) is 3. The molecule has 6 nitrogen and oxygen atoms in total. The number of nitrogens with one attached hydrogen (secondary N) is 1. The van der Waals surface area contributed by atoms with Gasteiger partial charge in [-0.1, -0.05) is 6.07 Å². The molecule has 2 N–H and O–H groups in total. The number of carboxylic acid groups (broad SMARTS) is 1. The molecule has 1 aromatic carbocycles. The second-order valence-corrected chi connectivity index (χ2v) is 6.75. The average molecular weight is 381 g/mol. The number of aromatic nitrogens is 2. The first kappa shape index (κ1) is 18.9. The molecule has 0 radical (unpaired) electrons. The Morgan fingerprint density at radius 3 is 2.41 bits per heavy atom. The van der Waals surface area contributed by atoms with Crippen molar-refractivity contribution in [3.63, 3.8) is 0 Å². The van der Waals surface area contributed by atoms with Crippen LogP contribution in [0.1, 0.15) is 35.4 Å². The summed E-state index contributed by atoms with van der Waals surface area (Å²) in [5, 5.41) is 15.6. The van der Waals surface area contributed by atoms with Crippen LogP contribution in [0.25, 0.3) is 5.69 Å². The van der Waals surface area contributed by atoms with Crippen LogP contribution < -0.4 is 5.32 Å². The van der Waals surface area contributed by atoms with Gasteiger partial charge in [0.25, 0.3) is 0 Å². The Balaban J connectivity index is 1.88. The van der Waals surface area contributed by atoms with E-state index in [2.05, 4.69) is 10.4 Å². The summed E-state index contributed by atoms with van der Waals surface area (Å²) in [6.45, 7) is 3.08. The van der Waals surface area contributed by atoms with Crippen LogP contribution in [0, 0.1) is 19.3 Å². The Labute approximate surface area is 153 Å². The van der Waals surface area contributed by atoms with Crippen molar-refractivity contribution in [2.75, 3.05) is 0 Å². The van der Waals surface area contributed by atoms with Gasteiger partial charge in [-0.05, 0) is 50.5 Å². The van der Waals surface area contributed by atoms with Gasteiger partial charge in [-0.3, -0.25) is 9.59 Å². The molecule has 1 saturated carbocycles. The largest absolute Gasteiger partial charge is 0.480 e. The van der Waals surface area contributed by atoms with Crippen LogP contribution in [0.4, 0.5) is 13.2 Å². The zero-order chi connectivity index (χ0) is 20.0. The minimum atomic E-state index is -4.63. The van der Waals surface area contributed by atoms with Crippen molar-refractivity contribution >= 4 is 11.9 Å². The minimum absolute atomic E-state index is 0.137. The van der Waals surface area contributed by atoms with Crippen molar-refractivity contribution in [2.24, 2.45) is 5.41 Å². The number of carboxylic acids is 1. The molecule has 0 spiro atoms. The molecule has 9 heteroatoms. The number of rotatable bonds is 5. The Kier molecular flexibility index (Phi) is 4.49. The third-order valence-corrected chi connectivity index (χ3v) is 4.69. The molecule has 2 aromatic rings. The number of carbonyl (C=O) groups excluding carboxylic acids is 1. The molecule has 144 valence electrons. The van der Waals surface area contributed by atoms with E-state index >= 15 is 0 Å². The van der Waals surface area contributed by atoms with Crippen LogP contribution in [0.15, 0.2) is 24.3 Å². The SMILES string of the molecule is Cc1cc(C)n(-c2ccc(CNC(=O)C3(C(=O)O)CC3)c(C(F)(F)F)c2)n1. The number of benzene rings is 1. The van der Waals surface area contributed by atoms with Gasteiger partial charge in [-0.15, -0.1) is 0 Å². The molecule has 1 fully saturated rings. The smallest absolute Gasteiger partial charge is 0.416 e. The predicted molar refractivity (Wildman–Crippen MR) is 89.2 cm³/mol. The minimum Gasteiger partial charge on any atom is -0.480 e. The molecule has 1 aliphatic carbocycles. The van der Waals surface area contributed by atoms with Gasteiger partial charge < -0.3 is 10.4 Å². The molecular weight excluding hydrogens is 363 g/mol. The summed E-state index contributed by atoms with van der Waals surface area (Å²) < 4.78 is 42.0. The normalized spacial score (nSPS) is 15.4. The first-order valence-electron chi connectivity index (χ1n) is 8.30. The van der Waals surface area contributed by atoms with E-state index in [0.29, 0.717) is 11.4 Å². The standard InChI is InChI=1S/C18H18F3N3O3/c1-10-7-11(2)24(23-10)13-4-3-12(14(8-13)18(19,20)21)9-22-15(25)17(5-6-17)16(26)27/h3-4,7-8H,5-6,9H2,1-2H3,(H,22,25)(H,26,27). The number of amides is 1. The molecular formula is C18H18F3N3O3. The van der Waals surface area contributed by atoms with E-state index in [1.165, 1.54) is 16.8 Å². The number of hydrogen-bond donors (Lipinski definition) is 2. The van der Waals surface area contributed by atoms with Crippen molar-refractivity contribution in [1.82, 2.24) is 15.1 Å². The van der Waals surface area contributed by atoms with E-state index in [1.54, 1.807) is 19.9 Å². The zero-order valence-electron chi connectivity index (χ0n) is 14.7. The number of aryl methyl sites for hydroxylation is 2. The fourth-order valence-electron chi connectivity index (χ4n) is 3.01. The molecule has 1 aromatic heterocycles. The quantitative estimate of drug-likeness (QED) is 0.780. The number of alkyl halides is 3. The highest BCUT2D eigenvalue weighted by Crippen LogP contribution is 2.46. The van der Waals surface area contributed by atoms with E-state index in [9.17, 15) is 22.8 Å². The van der Waals surface area contributed by atoms with Gasteiger partial charge in [0.1, 0.15) is 5.41 Å². The molecule has 1 heterocycles.